The minimum atomic E-state index is -0.780. The number of para-hydroxylation sites is 1. The van der Waals surface area contributed by atoms with E-state index in [0.29, 0.717) is 12.3 Å². The molecular formula is C23H28F2N2O3. The Labute approximate surface area is 176 Å². The average Bonchev–Trinajstić information content (AvgIpc) is 3.15. The molecule has 1 aliphatic heterocycles. The molecule has 0 bridgehead atoms. The number of nitrogens with one attached hydrogen (secondary N) is 1. The van der Waals surface area contributed by atoms with Crippen molar-refractivity contribution >= 4 is 5.78 Å². The summed E-state index contributed by atoms with van der Waals surface area (Å²) in [5.41, 5.74) is 0.338. The van der Waals surface area contributed by atoms with Crippen LogP contribution < -0.4 is 10.1 Å². The van der Waals surface area contributed by atoms with Crippen molar-refractivity contribution in [2.45, 2.75) is 38.8 Å². The van der Waals surface area contributed by atoms with Crippen LogP contribution in [0.15, 0.2) is 42.5 Å². The highest BCUT2D eigenvalue weighted by Gasteiger charge is 2.24. The monoisotopic (exact) mass is 418 g/mol. The van der Waals surface area contributed by atoms with E-state index in [1.54, 1.807) is 12.1 Å². The highest BCUT2D eigenvalue weighted by Crippen LogP contribution is 2.27. The van der Waals surface area contributed by atoms with Gasteiger partial charge in [0.15, 0.2) is 23.2 Å². The van der Waals surface area contributed by atoms with Crippen molar-refractivity contribution < 1.29 is 23.0 Å². The zero-order valence-electron chi connectivity index (χ0n) is 17.6. The predicted molar refractivity (Wildman–Crippen MR) is 111 cm³/mol. The van der Waals surface area contributed by atoms with Crippen LogP contribution in [0.4, 0.5) is 8.78 Å². The lowest BCUT2D eigenvalue weighted by Gasteiger charge is -2.24. The van der Waals surface area contributed by atoms with Gasteiger partial charge in [0, 0.05) is 24.7 Å². The fourth-order valence-electron chi connectivity index (χ4n) is 3.15. The molecule has 1 N–H and O–H groups in total. The van der Waals surface area contributed by atoms with E-state index < -0.39 is 17.4 Å². The van der Waals surface area contributed by atoms with Gasteiger partial charge >= 0.3 is 0 Å². The van der Waals surface area contributed by atoms with Crippen molar-refractivity contribution in [1.82, 2.24) is 10.2 Å². The Morgan fingerprint density at radius 3 is 2.43 bits per heavy atom. The normalized spacial score (nSPS) is 17.3. The molecule has 1 saturated heterocycles. The van der Waals surface area contributed by atoms with Crippen LogP contribution in [0.5, 0.6) is 11.5 Å². The number of Topliss-reactive ketones (excluding diaryl/α,β-unsaturated/α-hetero) is 1. The second-order valence-electron chi connectivity index (χ2n) is 8.43. The molecule has 162 valence electrons. The number of hydrogen-bond donors (Lipinski definition) is 1. The smallest absolute Gasteiger partial charge is 0.198 e. The van der Waals surface area contributed by atoms with Gasteiger partial charge in [0.05, 0.1) is 18.9 Å². The van der Waals surface area contributed by atoms with E-state index >= 15 is 0 Å². The SMILES string of the molecule is CC(C)(C)OCN1CC[C@@H](NCC(=O)c2ccc(Oc3c(F)cccc3F)cc2)C1. The molecule has 0 aromatic heterocycles. The topological polar surface area (TPSA) is 50.8 Å². The third-order valence-electron chi connectivity index (χ3n) is 4.82. The molecular weight excluding hydrogens is 390 g/mol. The molecule has 30 heavy (non-hydrogen) atoms. The highest BCUT2D eigenvalue weighted by atomic mass is 19.1. The Morgan fingerprint density at radius 1 is 1.13 bits per heavy atom. The predicted octanol–water partition coefficient (Wildman–Crippen LogP) is 4.38. The van der Waals surface area contributed by atoms with Crippen molar-refractivity contribution in [2.24, 2.45) is 0 Å². The molecule has 3 rings (SSSR count). The fourth-order valence-corrected chi connectivity index (χ4v) is 3.15. The maximum Gasteiger partial charge on any atom is 0.198 e. The number of carbonyl (C=O) groups is 1. The molecule has 1 fully saturated rings. The van der Waals surface area contributed by atoms with Crippen molar-refractivity contribution in [3.8, 4) is 11.5 Å². The van der Waals surface area contributed by atoms with Gasteiger partial charge in [-0.3, -0.25) is 9.69 Å². The Bertz CT molecular complexity index is 845. The minimum absolute atomic E-state index is 0.0528. The van der Waals surface area contributed by atoms with Gasteiger partial charge in [-0.05, 0) is 63.6 Å². The molecule has 0 unspecified atom stereocenters. The van der Waals surface area contributed by atoms with Crippen molar-refractivity contribution in [2.75, 3.05) is 26.4 Å². The first-order valence-electron chi connectivity index (χ1n) is 10.1. The Hall–Kier alpha value is -2.35. The molecule has 5 nitrogen and oxygen atoms in total. The van der Waals surface area contributed by atoms with Crippen LogP contribution in [0.3, 0.4) is 0 Å². The number of rotatable bonds is 8. The second-order valence-corrected chi connectivity index (χ2v) is 8.43. The number of nitrogens with zero attached hydrogens (tertiary/aromatic N) is 1. The first-order chi connectivity index (χ1) is 14.2. The van der Waals surface area contributed by atoms with E-state index in [-0.39, 0.29) is 29.7 Å². The van der Waals surface area contributed by atoms with Crippen LogP contribution in [0.2, 0.25) is 0 Å². The summed E-state index contributed by atoms with van der Waals surface area (Å²) in [6, 6.07) is 10.0. The first kappa shape index (κ1) is 22.3. The summed E-state index contributed by atoms with van der Waals surface area (Å²) in [5.74, 6) is -1.81. The second kappa shape index (κ2) is 9.64. The standard InChI is InChI=1S/C23H28F2N2O3/c1-23(2,3)29-15-27-12-11-17(14-27)26-13-21(28)16-7-9-18(10-8-16)30-22-19(24)5-4-6-20(22)25/h4-10,17,26H,11-15H2,1-3H3/t17-/m1/s1. The summed E-state index contributed by atoms with van der Waals surface area (Å²) in [7, 11) is 0. The van der Waals surface area contributed by atoms with Crippen LogP contribution in [0.1, 0.15) is 37.6 Å². The third kappa shape index (κ3) is 6.32. The molecule has 1 atom stereocenters. The van der Waals surface area contributed by atoms with Gasteiger partial charge in [-0.15, -0.1) is 0 Å². The average molecular weight is 418 g/mol. The number of halogens is 2. The maximum absolute atomic E-state index is 13.7. The molecule has 7 heteroatoms. The van der Waals surface area contributed by atoms with Gasteiger partial charge in [0.2, 0.25) is 0 Å². The Morgan fingerprint density at radius 2 is 1.80 bits per heavy atom. The summed E-state index contributed by atoms with van der Waals surface area (Å²) in [4.78, 5) is 14.7. The van der Waals surface area contributed by atoms with Gasteiger partial charge in [-0.1, -0.05) is 6.07 Å². The van der Waals surface area contributed by atoms with Crippen LogP contribution in [0, 0.1) is 11.6 Å². The molecule has 0 radical (unpaired) electrons. The van der Waals surface area contributed by atoms with Crippen LogP contribution in [-0.2, 0) is 4.74 Å². The van der Waals surface area contributed by atoms with Crippen molar-refractivity contribution in [1.29, 1.82) is 0 Å². The van der Waals surface area contributed by atoms with Gasteiger partial charge in [0.1, 0.15) is 5.75 Å². The first-order valence-corrected chi connectivity index (χ1v) is 10.1. The van der Waals surface area contributed by atoms with Crippen LogP contribution in [0.25, 0.3) is 0 Å². The Kier molecular flexibility index (Phi) is 7.18. The number of ketones is 1. The maximum atomic E-state index is 13.7. The summed E-state index contributed by atoms with van der Waals surface area (Å²) in [6.07, 6.45) is 0.960. The van der Waals surface area contributed by atoms with E-state index in [1.807, 2.05) is 20.8 Å². The molecule has 1 heterocycles. The van der Waals surface area contributed by atoms with E-state index in [2.05, 4.69) is 10.2 Å². The highest BCUT2D eigenvalue weighted by molar-refractivity contribution is 5.97. The number of benzene rings is 2. The van der Waals surface area contributed by atoms with Crippen molar-refractivity contribution in [3.63, 3.8) is 0 Å². The summed E-state index contributed by atoms with van der Waals surface area (Å²) in [5, 5.41) is 3.30. The zero-order chi connectivity index (χ0) is 21.7. The van der Waals surface area contributed by atoms with Gasteiger partial charge < -0.3 is 14.8 Å². The number of ether oxygens (including phenoxy) is 2. The van der Waals surface area contributed by atoms with E-state index in [4.69, 9.17) is 9.47 Å². The Balaban J connectivity index is 1.47. The van der Waals surface area contributed by atoms with E-state index in [1.165, 1.54) is 18.2 Å². The molecule has 2 aromatic carbocycles. The van der Waals surface area contributed by atoms with E-state index in [0.717, 1.165) is 31.6 Å². The molecule has 2 aromatic rings. The fraction of sp³-hybridized carbons (Fsp3) is 0.435. The molecule has 1 aliphatic rings. The quantitative estimate of drug-likeness (QED) is 0.645. The zero-order valence-corrected chi connectivity index (χ0v) is 17.6. The van der Waals surface area contributed by atoms with Crippen LogP contribution >= 0.6 is 0 Å². The lowest BCUT2D eigenvalue weighted by Crippen LogP contribution is -2.37. The number of hydrogen-bond acceptors (Lipinski definition) is 5. The van der Waals surface area contributed by atoms with E-state index in [9.17, 15) is 13.6 Å². The van der Waals surface area contributed by atoms with Crippen LogP contribution in [-0.4, -0.2) is 48.7 Å². The number of carbonyl (C=O) groups excluding carboxylic acids is 1. The third-order valence-corrected chi connectivity index (χ3v) is 4.82. The van der Waals surface area contributed by atoms with Gasteiger partial charge in [-0.25, -0.2) is 8.78 Å². The molecule has 0 aliphatic carbocycles. The molecule has 0 amide bonds. The number of likely N-dealkylation sites (tertiary alicyclic amines) is 1. The van der Waals surface area contributed by atoms with Gasteiger partial charge in [-0.2, -0.15) is 0 Å². The lowest BCUT2D eigenvalue weighted by molar-refractivity contribution is -0.0571. The summed E-state index contributed by atoms with van der Waals surface area (Å²) in [6.45, 7) is 8.66. The molecule has 0 spiro atoms. The summed E-state index contributed by atoms with van der Waals surface area (Å²) < 4.78 is 38.5. The largest absolute Gasteiger partial charge is 0.451 e. The van der Waals surface area contributed by atoms with Crippen molar-refractivity contribution in [3.05, 3.63) is 59.7 Å². The van der Waals surface area contributed by atoms with Gasteiger partial charge in [0.25, 0.3) is 0 Å². The summed E-state index contributed by atoms with van der Waals surface area (Å²) >= 11 is 0. The minimum Gasteiger partial charge on any atom is -0.451 e. The lowest BCUT2D eigenvalue weighted by atomic mass is 10.1. The molecule has 0 saturated carbocycles.